The van der Waals surface area contributed by atoms with Crippen LogP contribution in [-0.4, -0.2) is 25.0 Å². The third-order valence-corrected chi connectivity index (χ3v) is 4.61. The van der Waals surface area contributed by atoms with Gasteiger partial charge in [-0.15, -0.1) is 0 Å². The number of rotatable bonds is 5. The van der Waals surface area contributed by atoms with Crippen LogP contribution in [0, 0.1) is 5.82 Å². The highest BCUT2D eigenvalue weighted by molar-refractivity contribution is 6.10. The topological polar surface area (TPSA) is 67.9 Å². The first kappa shape index (κ1) is 19.4. The minimum Gasteiger partial charge on any atom is -0.484 e. The lowest BCUT2D eigenvalue weighted by Gasteiger charge is -2.19. The van der Waals surface area contributed by atoms with E-state index < -0.39 is 5.91 Å². The van der Waals surface area contributed by atoms with Crippen LogP contribution in [0.4, 0.5) is 15.8 Å². The molecule has 0 saturated heterocycles. The van der Waals surface area contributed by atoms with Gasteiger partial charge in [-0.3, -0.25) is 9.59 Å². The monoisotopic (exact) mass is 406 g/mol. The van der Waals surface area contributed by atoms with Crippen molar-refractivity contribution in [1.29, 1.82) is 0 Å². The number of para-hydroxylation sites is 2. The van der Waals surface area contributed by atoms with Crippen molar-refractivity contribution >= 4 is 23.2 Å². The van der Waals surface area contributed by atoms with E-state index in [-0.39, 0.29) is 18.3 Å². The number of carbonyl (C=O) groups excluding carboxylic acids is 2. The summed E-state index contributed by atoms with van der Waals surface area (Å²) in [5.41, 5.74) is 1.49. The highest BCUT2D eigenvalue weighted by atomic mass is 19.1. The van der Waals surface area contributed by atoms with Crippen molar-refractivity contribution in [3.63, 3.8) is 0 Å². The van der Waals surface area contributed by atoms with Gasteiger partial charge in [0.25, 0.3) is 11.8 Å². The normalized spacial score (nSPS) is 12.3. The summed E-state index contributed by atoms with van der Waals surface area (Å²) in [5.74, 6) is 0.397. The van der Waals surface area contributed by atoms with Gasteiger partial charge in [-0.05, 0) is 61.5 Å². The molecular formula is C23H19FN2O4. The van der Waals surface area contributed by atoms with Crippen molar-refractivity contribution < 1.29 is 23.5 Å². The summed E-state index contributed by atoms with van der Waals surface area (Å²) in [7, 11) is 0. The average Bonchev–Trinajstić information content (AvgIpc) is 2.87. The second-order valence-corrected chi connectivity index (χ2v) is 6.62. The van der Waals surface area contributed by atoms with Gasteiger partial charge in [0.05, 0.1) is 11.3 Å². The molecule has 4 rings (SSSR count). The minimum atomic E-state index is -0.406. The van der Waals surface area contributed by atoms with Crippen molar-refractivity contribution in [3.8, 4) is 17.2 Å². The smallest absolute Gasteiger partial charge is 0.262 e. The molecule has 7 heteroatoms. The Balaban J connectivity index is 1.51. The second kappa shape index (κ2) is 8.24. The largest absolute Gasteiger partial charge is 0.484 e. The fourth-order valence-corrected chi connectivity index (χ4v) is 3.19. The van der Waals surface area contributed by atoms with E-state index in [1.54, 1.807) is 23.1 Å². The van der Waals surface area contributed by atoms with Crippen LogP contribution in [0.25, 0.3) is 0 Å². The zero-order chi connectivity index (χ0) is 21.1. The number of anilines is 2. The summed E-state index contributed by atoms with van der Waals surface area (Å²) in [5, 5.41) is 2.70. The van der Waals surface area contributed by atoms with E-state index in [1.165, 1.54) is 24.3 Å². The van der Waals surface area contributed by atoms with Gasteiger partial charge in [-0.2, -0.15) is 0 Å². The molecule has 30 heavy (non-hydrogen) atoms. The van der Waals surface area contributed by atoms with Crippen LogP contribution in [0.15, 0.2) is 66.7 Å². The number of nitrogens with one attached hydrogen (secondary N) is 1. The molecule has 0 aromatic heterocycles. The molecule has 1 aliphatic rings. The molecule has 152 valence electrons. The third kappa shape index (κ3) is 3.96. The maximum Gasteiger partial charge on any atom is 0.262 e. The lowest BCUT2D eigenvalue weighted by atomic mass is 10.1. The van der Waals surface area contributed by atoms with E-state index in [0.29, 0.717) is 40.7 Å². The Labute approximate surface area is 172 Å². The molecule has 6 nitrogen and oxygen atoms in total. The molecule has 2 amide bonds. The van der Waals surface area contributed by atoms with Gasteiger partial charge in [0.15, 0.2) is 12.4 Å². The number of halogens is 1. The molecule has 0 radical (unpaired) electrons. The number of ether oxygens (including phenoxy) is 2. The first-order chi connectivity index (χ1) is 14.5. The maximum absolute atomic E-state index is 13.1. The quantitative estimate of drug-likeness (QED) is 0.672. The van der Waals surface area contributed by atoms with E-state index in [4.69, 9.17) is 9.47 Å². The third-order valence-electron chi connectivity index (χ3n) is 4.61. The fraction of sp³-hybridized carbons (Fsp3) is 0.130. The van der Waals surface area contributed by atoms with Crippen LogP contribution in [0.3, 0.4) is 0 Å². The van der Waals surface area contributed by atoms with Crippen LogP contribution in [0.1, 0.15) is 17.3 Å². The summed E-state index contributed by atoms with van der Waals surface area (Å²) in [4.78, 5) is 26.9. The predicted molar refractivity (Wildman–Crippen MR) is 111 cm³/mol. The lowest BCUT2D eigenvalue weighted by Crippen LogP contribution is -2.30. The van der Waals surface area contributed by atoms with Gasteiger partial charge < -0.3 is 19.7 Å². The van der Waals surface area contributed by atoms with Crippen molar-refractivity contribution in [3.05, 3.63) is 78.1 Å². The molecule has 1 N–H and O–H groups in total. The van der Waals surface area contributed by atoms with Crippen LogP contribution in [0.2, 0.25) is 0 Å². The van der Waals surface area contributed by atoms with Crippen LogP contribution in [-0.2, 0) is 4.79 Å². The molecule has 0 unspecified atom stereocenters. The molecule has 3 aromatic carbocycles. The van der Waals surface area contributed by atoms with Crippen molar-refractivity contribution in [2.75, 3.05) is 23.4 Å². The molecule has 0 spiro atoms. The van der Waals surface area contributed by atoms with Crippen LogP contribution in [0.5, 0.6) is 17.2 Å². The van der Waals surface area contributed by atoms with Gasteiger partial charge in [-0.1, -0.05) is 12.1 Å². The van der Waals surface area contributed by atoms with Crippen molar-refractivity contribution in [2.24, 2.45) is 0 Å². The fourth-order valence-electron chi connectivity index (χ4n) is 3.19. The zero-order valence-corrected chi connectivity index (χ0v) is 16.2. The summed E-state index contributed by atoms with van der Waals surface area (Å²) in [6.45, 7) is 2.11. The predicted octanol–water partition coefficient (Wildman–Crippen LogP) is 4.62. The summed E-state index contributed by atoms with van der Waals surface area (Å²) in [6, 6.07) is 17.6. The molecule has 1 heterocycles. The number of amides is 2. The zero-order valence-electron chi connectivity index (χ0n) is 16.2. The molecule has 3 aromatic rings. The van der Waals surface area contributed by atoms with Crippen LogP contribution >= 0.6 is 0 Å². The van der Waals surface area contributed by atoms with Gasteiger partial charge in [0.2, 0.25) is 0 Å². The molecule has 0 saturated carbocycles. The summed E-state index contributed by atoms with van der Waals surface area (Å²) >= 11 is 0. The maximum atomic E-state index is 13.1. The van der Waals surface area contributed by atoms with Gasteiger partial charge in [-0.25, -0.2) is 4.39 Å². The molecular weight excluding hydrogens is 387 g/mol. The minimum absolute atomic E-state index is 0.212. The van der Waals surface area contributed by atoms with E-state index >= 15 is 0 Å². The number of carbonyl (C=O) groups is 2. The van der Waals surface area contributed by atoms with E-state index in [9.17, 15) is 14.0 Å². The number of hydrogen-bond donors (Lipinski definition) is 1. The molecule has 1 aliphatic heterocycles. The number of benzene rings is 3. The Morgan fingerprint density at radius 1 is 1.07 bits per heavy atom. The van der Waals surface area contributed by atoms with Crippen LogP contribution < -0.4 is 19.7 Å². The standard InChI is InChI=1S/C23H19FN2O4/c1-2-26-19-5-3-4-6-21(19)30-20-12-9-16(13-18(20)23(26)28)25-22(27)14-29-17-10-7-15(24)8-11-17/h3-13H,2,14H2,1H3,(H,25,27). The van der Waals surface area contributed by atoms with E-state index in [2.05, 4.69) is 5.32 Å². The molecule has 0 bridgehead atoms. The van der Waals surface area contributed by atoms with Gasteiger partial charge >= 0.3 is 0 Å². The Morgan fingerprint density at radius 2 is 1.83 bits per heavy atom. The average molecular weight is 406 g/mol. The van der Waals surface area contributed by atoms with E-state index in [0.717, 1.165) is 0 Å². The molecule has 0 atom stereocenters. The highest BCUT2D eigenvalue weighted by Crippen LogP contribution is 2.39. The Hall–Kier alpha value is -3.87. The number of fused-ring (bicyclic) bond motifs is 2. The lowest BCUT2D eigenvalue weighted by molar-refractivity contribution is -0.118. The van der Waals surface area contributed by atoms with Gasteiger partial charge in [0.1, 0.15) is 17.3 Å². The Morgan fingerprint density at radius 3 is 2.60 bits per heavy atom. The van der Waals surface area contributed by atoms with Gasteiger partial charge in [0, 0.05) is 12.2 Å². The number of nitrogens with zero attached hydrogens (tertiary/aromatic N) is 1. The first-order valence-corrected chi connectivity index (χ1v) is 9.46. The molecule has 0 fully saturated rings. The Kier molecular flexibility index (Phi) is 5.34. The highest BCUT2D eigenvalue weighted by Gasteiger charge is 2.27. The van der Waals surface area contributed by atoms with Crippen molar-refractivity contribution in [2.45, 2.75) is 6.92 Å². The first-order valence-electron chi connectivity index (χ1n) is 9.46. The second-order valence-electron chi connectivity index (χ2n) is 6.62. The summed E-state index contributed by atoms with van der Waals surface area (Å²) in [6.07, 6.45) is 0. The summed E-state index contributed by atoms with van der Waals surface area (Å²) < 4.78 is 24.2. The SMILES string of the molecule is CCN1C(=O)c2cc(NC(=O)COc3ccc(F)cc3)ccc2Oc2ccccc21. The van der Waals surface area contributed by atoms with Crippen molar-refractivity contribution in [1.82, 2.24) is 0 Å². The molecule has 0 aliphatic carbocycles. The number of hydrogen-bond acceptors (Lipinski definition) is 4. The Bertz CT molecular complexity index is 1100. The van der Waals surface area contributed by atoms with E-state index in [1.807, 2.05) is 31.2 Å².